The third-order valence-corrected chi connectivity index (χ3v) is 5.29. The van der Waals surface area contributed by atoms with E-state index in [9.17, 15) is 13.5 Å². The minimum Gasteiger partial charge on any atom is -0.394 e. The number of sulfonamides is 1. The van der Waals surface area contributed by atoms with Crippen LogP contribution in [0.25, 0.3) is 0 Å². The summed E-state index contributed by atoms with van der Waals surface area (Å²) in [5.74, 6) is 0.563. The molecule has 1 rings (SSSR count). The smallest absolute Gasteiger partial charge is 0.228 e. The van der Waals surface area contributed by atoms with E-state index in [1.54, 1.807) is 6.07 Å². The standard InChI is InChI=1S/C11H20N2O3S/c1-9-3-5-11(8-14,6-4-9)13-17(15,16)10(2)7-12/h9-10,13-14H,3-6,8H2,1-2H3. The van der Waals surface area contributed by atoms with E-state index in [1.807, 2.05) is 0 Å². The topological polar surface area (TPSA) is 90.2 Å². The second kappa shape index (κ2) is 5.34. The summed E-state index contributed by atoms with van der Waals surface area (Å²) in [6.07, 6.45) is 3.04. The molecule has 1 saturated carbocycles. The van der Waals surface area contributed by atoms with Crippen LogP contribution >= 0.6 is 0 Å². The Morgan fingerprint density at radius 2 is 2.06 bits per heavy atom. The zero-order valence-corrected chi connectivity index (χ0v) is 11.1. The van der Waals surface area contributed by atoms with Gasteiger partial charge in [0.1, 0.15) is 0 Å². The van der Waals surface area contributed by atoms with Gasteiger partial charge in [-0.3, -0.25) is 0 Å². The number of nitrogens with zero attached hydrogens (tertiary/aromatic N) is 1. The van der Waals surface area contributed by atoms with Gasteiger partial charge in [-0.15, -0.1) is 0 Å². The molecule has 0 saturated heterocycles. The zero-order valence-electron chi connectivity index (χ0n) is 10.3. The van der Waals surface area contributed by atoms with Crippen LogP contribution in [0.1, 0.15) is 39.5 Å². The molecule has 17 heavy (non-hydrogen) atoms. The monoisotopic (exact) mass is 260 g/mol. The van der Waals surface area contributed by atoms with Crippen molar-refractivity contribution < 1.29 is 13.5 Å². The number of hydrogen-bond acceptors (Lipinski definition) is 4. The highest BCUT2D eigenvalue weighted by Crippen LogP contribution is 2.32. The molecular formula is C11H20N2O3S. The number of nitrogens with one attached hydrogen (secondary N) is 1. The van der Waals surface area contributed by atoms with Crippen LogP contribution in [0, 0.1) is 17.2 Å². The summed E-state index contributed by atoms with van der Waals surface area (Å²) >= 11 is 0. The molecule has 98 valence electrons. The summed E-state index contributed by atoms with van der Waals surface area (Å²) in [4.78, 5) is 0. The van der Waals surface area contributed by atoms with E-state index in [2.05, 4.69) is 11.6 Å². The molecule has 0 spiro atoms. The molecule has 6 heteroatoms. The number of hydrogen-bond donors (Lipinski definition) is 2. The molecule has 1 atom stereocenters. The van der Waals surface area contributed by atoms with Gasteiger partial charge in [0.2, 0.25) is 10.0 Å². The minimum atomic E-state index is -3.67. The van der Waals surface area contributed by atoms with E-state index in [-0.39, 0.29) is 6.61 Å². The lowest BCUT2D eigenvalue weighted by molar-refractivity contribution is 0.125. The van der Waals surface area contributed by atoms with Crippen molar-refractivity contribution in [2.75, 3.05) is 6.61 Å². The molecule has 0 aromatic rings. The fourth-order valence-corrected chi connectivity index (χ4v) is 3.25. The predicted molar refractivity (Wildman–Crippen MR) is 64.6 cm³/mol. The average molecular weight is 260 g/mol. The van der Waals surface area contributed by atoms with Gasteiger partial charge in [-0.1, -0.05) is 6.92 Å². The molecule has 0 aromatic carbocycles. The highest BCUT2D eigenvalue weighted by atomic mass is 32.2. The SMILES string of the molecule is CC1CCC(CO)(NS(=O)(=O)C(C)C#N)CC1. The third-order valence-electron chi connectivity index (χ3n) is 3.54. The Bertz CT molecular complexity index is 391. The second-order valence-electron chi connectivity index (χ2n) is 5.04. The molecular weight excluding hydrogens is 240 g/mol. The van der Waals surface area contributed by atoms with Gasteiger partial charge in [-0.25, -0.2) is 13.1 Å². The van der Waals surface area contributed by atoms with Gasteiger partial charge in [0.15, 0.2) is 5.25 Å². The van der Waals surface area contributed by atoms with E-state index in [0.29, 0.717) is 18.8 Å². The molecule has 0 amide bonds. The molecule has 0 aromatic heterocycles. The Morgan fingerprint density at radius 1 is 1.53 bits per heavy atom. The quantitative estimate of drug-likeness (QED) is 0.780. The lowest BCUT2D eigenvalue weighted by atomic mass is 9.78. The van der Waals surface area contributed by atoms with Gasteiger partial charge in [-0.05, 0) is 38.5 Å². The molecule has 1 fully saturated rings. The molecule has 1 aliphatic carbocycles. The zero-order chi connectivity index (χ0) is 13.1. The van der Waals surface area contributed by atoms with Crippen molar-refractivity contribution in [3.8, 4) is 6.07 Å². The molecule has 0 heterocycles. The van der Waals surface area contributed by atoms with E-state index < -0.39 is 20.8 Å². The first-order valence-corrected chi connectivity index (χ1v) is 7.43. The van der Waals surface area contributed by atoms with Crippen molar-refractivity contribution >= 4 is 10.0 Å². The van der Waals surface area contributed by atoms with Crippen LogP contribution in [0.15, 0.2) is 0 Å². The van der Waals surface area contributed by atoms with Crippen molar-refractivity contribution in [2.24, 2.45) is 5.92 Å². The van der Waals surface area contributed by atoms with Crippen molar-refractivity contribution in [2.45, 2.75) is 50.3 Å². The third kappa shape index (κ3) is 3.41. The first-order valence-electron chi connectivity index (χ1n) is 5.88. The first kappa shape index (κ1) is 14.4. The lowest BCUT2D eigenvalue weighted by Gasteiger charge is -2.38. The number of nitriles is 1. The Labute approximate surface area is 103 Å². The fourth-order valence-electron chi connectivity index (χ4n) is 2.07. The van der Waals surface area contributed by atoms with Crippen LogP contribution in [0.3, 0.4) is 0 Å². The Kier molecular flexibility index (Phi) is 4.53. The highest BCUT2D eigenvalue weighted by Gasteiger charge is 2.38. The maximum Gasteiger partial charge on any atom is 0.228 e. The molecule has 5 nitrogen and oxygen atoms in total. The van der Waals surface area contributed by atoms with Gasteiger partial charge in [0, 0.05) is 0 Å². The van der Waals surface area contributed by atoms with Crippen molar-refractivity contribution in [1.82, 2.24) is 4.72 Å². The Morgan fingerprint density at radius 3 is 2.47 bits per heavy atom. The molecule has 0 radical (unpaired) electrons. The number of aliphatic hydroxyl groups excluding tert-OH is 1. The molecule has 1 aliphatic rings. The lowest BCUT2D eigenvalue weighted by Crippen LogP contribution is -2.54. The van der Waals surface area contributed by atoms with E-state index in [4.69, 9.17) is 5.26 Å². The van der Waals surface area contributed by atoms with Crippen molar-refractivity contribution in [3.05, 3.63) is 0 Å². The van der Waals surface area contributed by atoms with E-state index in [1.165, 1.54) is 6.92 Å². The Balaban J connectivity index is 2.81. The summed E-state index contributed by atoms with van der Waals surface area (Å²) in [5, 5.41) is 17.0. The van der Waals surface area contributed by atoms with Gasteiger partial charge in [-0.2, -0.15) is 5.26 Å². The second-order valence-corrected chi connectivity index (χ2v) is 7.04. The molecule has 0 bridgehead atoms. The maximum absolute atomic E-state index is 11.8. The van der Waals surface area contributed by atoms with Crippen molar-refractivity contribution in [3.63, 3.8) is 0 Å². The number of aliphatic hydroxyl groups is 1. The summed E-state index contributed by atoms with van der Waals surface area (Å²) in [6.45, 7) is 3.25. The average Bonchev–Trinajstić information content (AvgIpc) is 2.31. The summed E-state index contributed by atoms with van der Waals surface area (Å²) in [6, 6.07) is 1.71. The van der Waals surface area contributed by atoms with Crippen LogP contribution in [-0.2, 0) is 10.0 Å². The van der Waals surface area contributed by atoms with Crippen LogP contribution in [0.2, 0.25) is 0 Å². The van der Waals surface area contributed by atoms with Gasteiger partial charge in [0.25, 0.3) is 0 Å². The van der Waals surface area contributed by atoms with Crippen LogP contribution < -0.4 is 4.72 Å². The summed E-state index contributed by atoms with van der Waals surface area (Å²) in [5.41, 5.74) is -0.767. The summed E-state index contributed by atoms with van der Waals surface area (Å²) in [7, 11) is -3.67. The summed E-state index contributed by atoms with van der Waals surface area (Å²) < 4.78 is 26.2. The molecule has 2 N–H and O–H groups in total. The predicted octanol–water partition coefficient (Wildman–Crippen LogP) is 0.759. The molecule has 1 unspecified atom stereocenters. The van der Waals surface area contributed by atoms with Crippen LogP contribution in [0.4, 0.5) is 0 Å². The van der Waals surface area contributed by atoms with Crippen LogP contribution in [0.5, 0.6) is 0 Å². The van der Waals surface area contributed by atoms with Crippen LogP contribution in [-0.4, -0.2) is 30.9 Å². The Hall–Kier alpha value is -0.640. The highest BCUT2D eigenvalue weighted by molar-refractivity contribution is 7.90. The van der Waals surface area contributed by atoms with Gasteiger partial charge < -0.3 is 5.11 Å². The van der Waals surface area contributed by atoms with Gasteiger partial charge >= 0.3 is 0 Å². The minimum absolute atomic E-state index is 0.211. The van der Waals surface area contributed by atoms with E-state index in [0.717, 1.165) is 12.8 Å². The normalized spacial score (nSPS) is 31.8. The van der Waals surface area contributed by atoms with Crippen molar-refractivity contribution in [1.29, 1.82) is 5.26 Å². The number of rotatable bonds is 4. The fraction of sp³-hybridized carbons (Fsp3) is 0.909. The first-order chi connectivity index (χ1) is 7.85. The van der Waals surface area contributed by atoms with E-state index >= 15 is 0 Å². The maximum atomic E-state index is 11.8. The van der Waals surface area contributed by atoms with Gasteiger partial charge in [0.05, 0.1) is 18.2 Å². The molecule has 0 aliphatic heterocycles. The largest absolute Gasteiger partial charge is 0.394 e.